The Morgan fingerprint density at radius 3 is 2.53 bits per heavy atom. The highest BCUT2D eigenvalue weighted by Crippen LogP contribution is 2.50. The first-order valence-electron chi connectivity index (χ1n) is 4.92. The predicted molar refractivity (Wildman–Crippen MR) is 53.0 cm³/mol. The summed E-state index contributed by atoms with van der Waals surface area (Å²) in [4.78, 5) is 0. The molecule has 0 spiro atoms. The topological polar surface area (TPSA) is 35.2 Å². The van der Waals surface area contributed by atoms with E-state index in [0.29, 0.717) is 6.54 Å². The molecule has 1 aliphatic carbocycles. The maximum absolute atomic E-state index is 12.2. The average Bonchev–Trinajstić information content (AvgIpc) is 2.98. The number of nitrogens with two attached hydrogens (primary N) is 1. The molecule has 0 radical (unpaired) electrons. The monoisotopic (exact) mass is 213 g/mol. The van der Waals surface area contributed by atoms with Crippen LogP contribution in [0.4, 0.5) is 8.78 Å². The molecule has 0 amide bonds. The lowest BCUT2D eigenvalue weighted by Crippen LogP contribution is -2.21. The third-order valence-corrected chi connectivity index (χ3v) is 2.92. The van der Waals surface area contributed by atoms with E-state index in [4.69, 9.17) is 5.73 Å². The zero-order valence-corrected chi connectivity index (χ0v) is 8.25. The van der Waals surface area contributed by atoms with Crippen LogP contribution in [-0.4, -0.2) is 13.2 Å². The fraction of sp³-hybridized carbons (Fsp3) is 0.455. The van der Waals surface area contributed by atoms with Crippen molar-refractivity contribution in [2.45, 2.75) is 24.9 Å². The second-order valence-electron chi connectivity index (χ2n) is 3.86. The molecule has 2 rings (SSSR count). The van der Waals surface area contributed by atoms with E-state index in [2.05, 4.69) is 4.74 Å². The number of ether oxygens (including phenoxy) is 1. The van der Waals surface area contributed by atoms with Crippen LogP contribution in [0.25, 0.3) is 0 Å². The van der Waals surface area contributed by atoms with Crippen molar-refractivity contribution >= 4 is 0 Å². The lowest BCUT2D eigenvalue weighted by Gasteiger charge is -2.17. The van der Waals surface area contributed by atoms with Crippen LogP contribution in [0.2, 0.25) is 0 Å². The van der Waals surface area contributed by atoms with E-state index in [9.17, 15) is 8.78 Å². The van der Waals surface area contributed by atoms with E-state index < -0.39 is 6.61 Å². The van der Waals surface area contributed by atoms with Crippen molar-refractivity contribution in [3.05, 3.63) is 29.8 Å². The number of para-hydroxylation sites is 1. The quantitative estimate of drug-likeness (QED) is 0.832. The van der Waals surface area contributed by atoms with Crippen LogP contribution in [0, 0.1) is 0 Å². The van der Waals surface area contributed by atoms with E-state index in [-0.39, 0.29) is 11.2 Å². The summed E-state index contributed by atoms with van der Waals surface area (Å²) in [5.41, 5.74) is 6.35. The standard InChI is InChI=1S/C11H13F2NO/c12-10(13)15-9-4-2-1-3-8(9)11(7-14)5-6-11/h1-4,10H,5-7,14H2. The maximum atomic E-state index is 12.2. The van der Waals surface area contributed by atoms with Gasteiger partial charge in [-0.25, -0.2) is 0 Å². The summed E-state index contributed by atoms with van der Waals surface area (Å²) in [6, 6.07) is 6.89. The molecule has 4 heteroatoms. The van der Waals surface area contributed by atoms with Crippen LogP contribution in [0.5, 0.6) is 5.75 Å². The molecule has 1 aromatic carbocycles. The fourth-order valence-corrected chi connectivity index (χ4v) is 1.84. The molecule has 15 heavy (non-hydrogen) atoms. The van der Waals surface area contributed by atoms with Crippen LogP contribution in [0.1, 0.15) is 18.4 Å². The van der Waals surface area contributed by atoms with E-state index >= 15 is 0 Å². The molecule has 1 saturated carbocycles. The summed E-state index contributed by atoms with van der Waals surface area (Å²) in [6.45, 7) is -2.30. The predicted octanol–water partition coefficient (Wildman–Crippen LogP) is 2.28. The minimum Gasteiger partial charge on any atom is -0.435 e. The van der Waals surface area contributed by atoms with Gasteiger partial charge in [0.2, 0.25) is 0 Å². The Morgan fingerprint density at radius 2 is 2.00 bits per heavy atom. The van der Waals surface area contributed by atoms with Gasteiger partial charge in [0.1, 0.15) is 5.75 Å². The molecule has 0 heterocycles. The molecular formula is C11H13F2NO. The zero-order valence-electron chi connectivity index (χ0n) is 8.25. The molecule has 0 bridgehead atoms. The molecule has 0 aliphatic heterocycles. The maximum Gasteiger partial charge on any atom is 0.387 e. The smallest absolute Gasteiger partial charge is 0.387 e. The number of rotatable bonds is 4. The van der Waals surface area contributed by atoms with Gasteiger partial charge in [0.05, 0.1) is 0 Å². The van der Waals surface area contributed by atoms with Gasteiger partial charge in [-0.1, -0.05) is 18.2 Å². The van der Waals surface area contributed by atoms with Crippen molar-refractivity contribution in [1.29, 1.82) is 0 Å². The SMILES string of the molecule is NCC1(c2ccccc2OC(F)F)CC1. The molecule has 0 atom stereocenters. The van der Waals surface area contributed by atoms with Gasteiger partial charge in [0, 0.05) is 17.5 Å². The summed E-state index contributed by atoms with van der Waals surface area (Å²) in [5, 5.41) is 0. The third kappa shape index (κ3) is 1.95. The summed E-state index contributed by atoms with van der Waals surface area (Å²) < 4.78 is 28.8. The van der Waals surface area contributed by atoms with Crippen molar-refractivity contribution in [3.8, 4) is 5.75 Å². The minimum absolute atomic E-state index is 0.120. The first-order chi connectivity index (χ1) is 7.18. The highest BCUT2D eigenvalue weighted by molar-refractivity contribution is 5.43. The lowest BCUT2D eigenvalue weighted by molar-refractivity contribution is -0.0507. The van der Waals surface area contributed by atoms with E-state index in [0.717, 1.165) is 18.4 Å². The normalized spacial score (nSPS) is 17.9. The molecule has 0 aromatic heterocycles. The van der Waals surface area contributed by atoms with Crippen LogP contribution >= 0.6 is 0 Å². The molecule has 0 unspecified atom stereocenters. The molecule has 0 saturated heterocycles. The Morgan fingerprint density at radius 1 is 1.33 bits per heavy atom. The van der Waals surface area contributed by atoms with Crippen molar-refractivity contribution in [3.63, 3.8) is 0 Å². The second-order valence-corrected chi connectivity index (χ2v) is 3.86. The first kappa shape index (κ1) is 10.4. The number of benzene rings is 1. The van der Waals surface area contributed by atoms with E-state index in [1.807, 2.05) is 12.1 Å². The van der Waals surface area contributed by atoms with Gasteiger partial charge in [0.25, 0.3) is 0 Å². The average molecular weight is 213 g/mol. The zero-order chi connectivity index (χ0) is 10.9. The van der Waals surface area contributed by atoms with Crippen LogP contribution in [-0.2, 0) is 5.41 Å². The number of halogens is 2. The van der Waals surface area contributed by atoms with Crippen molar-refractivity contribution in [2.75, 3.05) is 6.54 Å². The van der Waals surface area contributed by atoms with E-state index in [1.54, 1.807) is 12.1 Å². The Kier molecular flexibility index (Phi) is 2.61. The van der Waals surface area contributed by atoms with Crippen LogP contribution in [0.3, 0.4) is 0 Å². The van der Waals surface area contributed by atoms with Gasteiger partial charge < -0.3 is 10.5 Å². The summed E-state index contributed by atoms with van der Waals surface area (Å²) in [7, 11) is 0. The van der Waals surface area contributed by atoms with Gasteiger partial charge in [0.15, 0.2) is 0 Å². The Hall–Kier alpha value is -1.16. The molecule has 1 fully saturated rings. The van der Waals surface area contributed by atoms with Crippen LogP contribution in [0.15, 0.2) is 24.3 Å². The molecule has 1 aromatic rings. The molecule has 2 nitrogen and oxygen atoms in total. The van der Waals surface area contributed by atoms with Crippen molar-refractivity contribution < 1.29 is 13.5 Å². The lowest BCUT2D eigenvalue weighted by atomic mass is 9.95. The van der Waals surface area contributed by atoms with Gasteiger partial charge in [-0.3, -0.25) is 0 Å². The van der Waals surface area contributed by atoms with Gasteiger partial charge in [-0.05, 0) is 18.9 Å². The summed E-state index contributed by atoms with van der Waals surface area (Å²) in [5.74, 6) is 0.260. The second kappa shape index (κ2) is 3.77. The molecule has 82 valence electrons. The highest BCUT2D eigenvalue weighted by Gasteiger charge is 2.44. The number of hydrogen-bond acceptors (Lipinski definition) is 2. The summed E-state index contributed by atoms with van der Waals surface area (Å²) in [6.07, 6.45) is 1.90. The molecular weight excluding hydrogens is 200 g/mol. The largest absolute Gasteiger partial charge is 0.435 e. The van der Waals surface area contributed by atoms with Crippen molar-refractivity contribution in [1.82, 2.24) is 0 Å². The van der Waals surface area contributed by atoms with Crippen LogP contribution < -0.4 is 10.5 Å². The summed E-state index contributed by atoms with van der Waals surface area (Å²) >= 11 is 0. The van der Waals surface area contributed by atoms with Gasteiger partial charge in [-0.15, -0.1) is 0 Å². The minimum atomic E-state index is -2.78. The number of alkyl halides is 2. The Bertz CT molecular complexity index is 350. The Labute approximate surface area is 87.0 Å². The highest BCUT2D eigenvalue weighted by atomic mass is 19.3. The van der Waals surface area contributed by atoms with Crippen molar-refractivity contribution in [2.24, 2.45) is 5.73 Å². The van der Waals surface area contributed by atoms with Gasteiger partial charge in [-0.2, -0.15) is 8.78 Å². The number of hydrogen-bond donors (Lipinski definition) is 1. The van der Waals surface area contributed by atoms with Gasteiger partial charge >= 0.3 is 6.61 Å². The molecule has 2 N–H and O–H groups in total. The molecule has 1 aliphatic rings. The Balaban J connectivity index is 2.30. The van der Waals surface area contributed by atoms with E-state index in [1.165, 1.54) is 0 Å². The fourth-order valence-electron chi connectivity index (χ4n) is 1.84. The third-order valence-electron chi connectivity index (χ3n) is 2.92. The first-order valence-corrected chi connectivity index (χ1v) is 4.92.